The van der Waals surface area contributed by atoms with Crippen molar-refractivity contribution in [2.45, 2.75) is 12.5 Å². The van der Waals surface area contributed by atoms with Gasteiger partial charge in [0.2, 0.25) is 0 Å². The van der Waals surface area contributed by atoms with Crippen LogP contribution in [0.4, 0.5) is 10.1 Å². The standard InChI is InChI=1S/C30H22FN7O4/c31-19-7-5-6-18(12-19)13-20(16-37-29(41)22-8-1-2-9-23(22)30(37)42)34-27(39)28(40)35-21-14-33-38(17-21)26-15-32-24-10-3-4-11-25(24)36-26/h1-12,14-15,17,20H,13,16H2,(H,34,39)(H,35,40)/t20-/m0/s1. The predicted octanol–water partition coefficient (Wildman–Crippen LogP) is 2.92. The van der Waals surface area contributed by atoms with Gasteiger partial charge in [-0.1, -0.05) is 36.4 Å². The molecule has 0 unspecified atom stereocenters. The topological polar surface area (TPSA) is 139 Å². The number of benzene rings is 3. The SMILES string of the molecule is O=C(Nc1cnn(-c2cnc3ccccc3n2)c1)C(=O)N[C@@H](Cc1cccc(F)c1)CN1C(=O)c2ccccc2C1=O. The van der Waals surface area contributed by atoms with E-state index in [0.29, 0.717) is 22.4 Å². The molecular formula is C30H22FN7O4. The van der Waals surface area contributed by atoms with Crippen molar-refractivity contribution < 1.29 is 23.6 Å². The summed E-state index contributed by atoms with van der Waals surface area (Å²) in [5.41, 5.74) is 2.63. The second-order valence-electron chi connectivity index (χ2n) is 9.62. The van der Waals surface area contributed by atoms with Crippen LogP contribution in [0.2, 0.25) is 0 Å². The van der Waals surface area contributed by atoms with Gasteiger partial charge in [0.1, 0.15) is 5.82 Å². The fraction of sp³-hybridized carbons (Fsp3) is 0.100. The van der Waals surface area contributed by atoms with Crippen LogP contribution in [0, 0.1) is 5.82 Å². The summed E-state index contributed by atoms with van der Waals surface area (Å²) in [5, 5.41) is 9.26. The summed E-state index contributed by atoms with van der Waals surface area (Å²) in [6, 6.07) is 18.6. The molecule has 6 rings (SSSR count). The molecule has 208 valence electrons. The Labute approximate surface area is 238 Å². The van der Waals surface area contributed by atoms with Crippen LogP contribution >= 0.6 is 0 Å². The van der Waals surface area contributed by atoms with E-state index < -0.39 is 35.5 Å². The lowest BCUT2D eigenvalue weighted by Gasteiger charge is -2.23. The van der Waals surface area contributed by atoms with E-state index in [0.717, 1.165) is 4.90 Å². The maximum atomic E-state index is 13.9. The maximum Gasteiger partial charge on any atom is 0.313 e. The fourth-order valence-electron chi connectivity index (χ4n) is 4.74. The normalized spacial score (nSPS) is 13.2. The Bertz CT molecular complexity index is 1840. The van der Waals surface area contributed by atoms with Crippen LogP contribution in [-0.2, 0) is 16.0 Å². The van der Waals surface area contributed by atoms with Crippen LogP contribution < -0.4 is 10.6 Å². The van der Waals surface area contributed by atoms with E-state index in [1.807, 2.05) is 24.3 Å². The molecule has 0 spiro atoms. The van der Waals surface area contributed by atoms with Crippen LogP contribution in [-0.4, -0.2) is 60.9 Å². The summed E-state index contributed by atoms with van der Waals surface area (Å²) in [6.45, 7) is -0.222. The Morgan fingerprint density at radius 2 is 1.57 bits per heavy atom. The molecular weight excluding hydrogens is 541 g/mol. The number of carbonyl (C=O) groups is 4. The lowest BCUT2D eigenvalue weighted by Crippen LogP contribution is -2.49. The van der Waals surface area contributed by atoms with E-state index in [2.05, 4.69) is 25.7 Å². The van der Waals surface area contributed by atoms with Gasteiger partial charge < -0.3 is 10.6 Å². The minimum Gasteiger partial charge on any atom is -0.343 e. The van der Waals surface area contributed by atoms with Crippen LogP contribution in [0.25, 0.3) is 16.9 Å². The number of hydrogen-bond donors (Lipinski definition) is 2. The Balaban J connectivity index is 1.16. The number of carbonyl (C=O) groups excluding carboxylic acids is 4. The largest absolute Gasteiger partial charge is 0.343 e. The number of nitrogens with zero attached hydrogens (tertiary/aromatic N) is 5. The zero-order chi connectivity index (χ0) is 29.2. The number of imide groups is 1. The number of hydrogen-bond acceptors (Lipinski definition) is 7. The summed E-state index contributed by atoms with van der Waals surface area (Å²) in [5.74, 6) is -3.10. The first-order chi connectivity index (χ1) is 20.4. The monoisotopic (exact) mass is 563 g/mol. The van der Waals surface area contributed by atoms with Crippen LogP contribution in [0.3, 0.4) is 0 Å². The van der Waals surface area contributed by atoms with Crippen molar-refractivity contribution in [3.63, 3.8) is 0 Å². The molecule has 2 aromatic heterocycles. The Morgan fingerprint density at radius 1 is 0.857 bits per heavy atom. The third kappa shape index (κ3) is 5.32. The molecule has 1 aliphatic rings. The van der Waals surface area contributed by atoms with Gasteiger partial charge in [-0.15, -0.1) is 0 Å². The van der Waals surface area contributed by atoms with Crippen LogP contribution in [0.15, 0.2) is 91.4 Å². The molecule has 11 nitrogen and oxygen atoms in total. The van der Waals surface area contributed by atoms with Gasteiger partial charge >= 0.3 is 11.8 Å². The van der Waals surface area contributed by atoms with Crippen molar-refractivity contribution in [3.05, 3.63) is 114 Å². The van der Waals surface area contributed by atoms with Crippen molar-refractivity contribution in [1.82, 2.24) is 30.0 Å². The molecule has 0 radical (unpaired) electrons. The molecule has 3 heterocycles. The second-order valence-corrected chi connectivity index (χ2v) is 9.62. The predicted molar refractivity (Wildman–Crippen MR) is 149 cm³/mol. The van der Waals surface area contributed by atoms with Gasteiger partial charge in [0.05, 0.1) is 52.5 Å². The molecule has 3 aromatic carbocycles. The molecule has 2 N–H and O–H groups in total. The van der Waals surface area contributed by atoms with Crippen molar-refractivity contribution in [2.24, 2.45) is 0 Å². The van der Waals surface area contributed by atoms with Crippen molar-refractivity contribution in [3.8, 4) is 5.82 Å². The van der Waals surface area contributed by atoms with Gasteiger partial charge in [-0.3, -0.25) is 29.1 Å². The van der Waals surface area contributed by atoms with E-state index in [9.17, 15) is 23.6 Å². The van der Waals surface area contributed by atoms with E-state index in [1.54, 1.807) is 30.3 Å². The van der Waals surface area contributed by atoms with Gasteiger partial charge in [-0.05, 0) is 48.4 Å². The zero-order valence-corrected chi connectivity index (χ0v) is 21.9. The molecule has 4 amide bonds. The van der Waals surface area contributed by atoms with E-state index in [4.69, 9.17) is 0 Å². The van der Waals surface area contributed by atoms with Crippen LogP contribution in [0.5, 0.6) is 0 Å². The quantitative estimate of drug-likeness (QED) is 0.229. The summed E-state index contributed by atoms with van der Waals surface area (Å²) < 4.78 is 15.3. The molecule has 0 saturated carbocycles. The third-order valence-corrected chi connectivity index (χ3v) is 6.70. The molecule has 12 heteroatoms. The highest BCUT2D eigenvalue weighted by molar-refractivity contribution is 6.39. The average Bonchev–Trinajstić information content (AvgIpc) is 3.55. The highest BCUT2D eigenvalue weighted by atomic mass is 19.1. The molecule has 42 heavy (non-hydrogen) atoms. The van der Waals surface area contributed by atoms with Gasteiger partial charge in [0.25, 0.3) is 11.8 Å². The smallest absolute Gasteiger partial charge is 0.313 e. The van der Waals surface area contributed by atoms with E-state index >= 15 is 0 Å². The first-order valence-electron chi connectivity index (χ1n) is 12.9. The molecule has 1 aliphatic heterocycles. The van der Waals surface area contributed by atoms with Gasteiger partial charge in [-0.2, -0.15) is 5.10 Å². The van der Waals surface area contributed by atoms with Crippen molar-refractivity contribution in [1.29, 1.82) is 0 Å². The first-order valence-corrected chi connectivity index (χ1v) is 12.9. The van der Waals surface area contributed by atoms with Crippen molar-refractivity contribution in [2.75, 3.05) is 11.9 Å². The summed E-state index contributed by atoms with van der Waals surface area (Å²) in [4.78, 5) is 61.5. The average molecular weight is 564 g/mol. The van der Waals surface area contributed by atoms with Gasteiger partial charge in [0, 0.05) is 6.54 Å². The number of anilines is 1. The number of para-hydroxylation sites is 2. The van der Waals surface area contributed by atoms with Gasteiger partial charge in [-0.25, -0.2) is 14.1 Å². The Hall–Kier alpha value is -5.78. The van der Waals surface area contributed by atoms with Crippen LogP contribution in [0.1, 0.15) is 26.3 Å². The summed E-state index contributed by atoms with van der Waals surface area (Å²) in [7, 11) is 0. The maximum absolute atomic E-state index is 13.9. The molecule has 0 saturated heterocycles. The molecule has 5 aromatic rings. The zero-order valence-electron chi connectivity index (χ0n) is 21.9. The highest BCUT2D eigenvalue weighted by Gasteiger charge is 2.37. The number of amides is 4. The fourth-order valence-corrected chi connectivity index (χ4v) is 4.74. The summed E-state index contributed by atoms with van der Waals surface area (Å²) in [6.07, 6.45) is 4.42. The number of halogens is 1. The number of nitrogens with one attached hydrogen (secondary N) is 2. The lowest BCUT2D eigenvalue weighted by molar-refractivity contribution is -0.136. The van der Waals surface area contributed by atoms with E-state index in [1.165, 1.54) is 41.5 Å². The molecule has 0 bridgehead atoms. The summed E-state index contributed by atoms with van der Waals surface area (Å²) >= 11 is 0. The van der Waals surface area contributed by atoms with E-state index in [-0.39, 0.29) is 29.8 Å². The lowest BCUT2D eigenvalue weighted by atomic mass is 10.0. The minimum absolute atomic E-state index is 0.0583. The highest BCUT2D eigenvalue weighted by Crippen LogP contribution is 2.23. The second kappa shape index (κ2) is 11.0. The number of aromatic nitrogens is 4. The molecule has 0 fully saturated rings. The minimum atomic E-state index is -1.01. The molecule has 1 atom stereocenters. The van der Waals surface area contributed by atoms with Gasteiger partial charge in [0.15, 0.2) is 5.82 Å². The third-order valence-electron chi connectivity index (χ3n) is 6.70. The number of fused-ring (bicyclic) bond motifs is 2. The number of rotatable bonds is 7. The van der Waals surface area contributed by atoms with Crippen molar-refractivity contribution >= 4 is 40.3 Å². The Kier molecular flexibility index (Phi) is 6.93. The molecule has 0 aliphatic carbocycles. The first kappa shape index (κ1) is 26.4. The Morgan fingerprint density at radius 3 is 2.31 bits per heavy atom.